The second-order valence-corrected chi connectivity index (χ2v) is 5.07. The van der Waals surface area contributed by atoms with Gasteiger partial charge in [-0.1, -0.05) is 5.16 Å². The van der Waals surface area contributed by atoms with Crippen molar-refractivity contribution in [1.29, 1.82) is 0 Å². The summed E-state index contributed by atoms with van der Waals surface area (Å²) in [5.41, 5.74) is 2.38. The minimum absolute atomic E-state index is 0.994. The van der Waals surface area contributed by atoms with Crippen molar-refractivity contribution in [3.05, 3.63) is 17.0 Å². The fourth-order valence-electron chi connectivity index (χ4n) is 1.84. The third-order valence-electron chi connectivity index (χ3n) is 2.81. The van der Waals surface area contributed by atoms with Crippen LogP contribution in [0.5, 0.6) is 0 Å². The predicted octanol–water partition coefficient (Wildman–Crippen LogP) is 0.423. The second-order valence-electron chi connectivity index (χ2n) is 3.84. The lowest BCUT2D eigenvalue weighted by atomic mass is 10.2. The highest BCUT2D eigenvalue weighted by Crippen LogP contribution is 2.10. The van der Waals surface area contributed by atoms with Crippen LogP contribution in [0.4, 0.5) is 0 Å². The van der Waals surface area contributed by atoms with Gasteiger partial charge < -0.3 is 9.42 Å². The Balaban J connectivity index is 2.02. The Morgan fingerprint density at radius 1 is 1.36 bits per heavy atom. The zero-order valence-electron chi connectivity index (χ0n) is 8.80. The summed E-state index contributed by atoms with van der Waals surface area (Å²) in [5.74, 6) is 3.57. The van der Waals surface area contributed by atoms with Crippen LogP contribution in [0.3, 0.4) is 0 Å². The van der Waals surface area contributed by atoms with E-state index in [4.69, 9.17) is 4.52 Å². The van der Waals surface area contributed by atoms with Crippen LogP contribution < -0.4 is 4.90 Å². The average molecular weight is 213 g/mol. The van der Waals surface area contributed by atoms with Crippen LogP contribution in [0.15, 0.2) is 4.52 Å². The number of aryl methyl sites for hydroxylation is 2. The molecular formula is C10H17N2OS+. The summed E-state index contributed by atoms with van der Waals surface area (Å²) in [7, 11) is 0. The Morgan fingerprint density at radius 2 is 2.07 bits per heavy atom. The number of aromatic nitrogens is 1. The number of hydrogen-bond donors (Lipinski definition) is 1. The molecule has 1 fully saturated rings. The van der Waals surface area contributed by atoms with E-state index in [2.05, 4.69) is 16.9 Å². The fourth-order valence-corrected chi connectivity index (χ4v) is 2.91. The van der Waals surface area contributed by atoms with E-state index >= 15 is 0 Å². The van der Waals surface area contributed by atoms with E-state index in [0.717, 1.165) is 18.0 Å². The SMILES string of the molecule is Cc1noc(C)c1C[NH+]1CCSCC1. The highest BCUT2D eigenvalue weighted by atomic mass is 32.2. The molecule has 2 heterocycles. The maximum absolute atomic E-state index is 5.17. The van der Waals surface area contributed by atoms with Gasteiger partial charge in [-0.25, -0.2) is 0 Å². The number of nitrogens with one attached hydrogen (secondary N) is 1. The standard InChI is InChI=1S/C10H16N2OS/c1-8-10(9(2)13-11-8)7-12-3-5-14-6-4-12/h3-7H2,1-2H3/p+1. The third kappa shape index (κ3) is 2.12. The lowest BCUT2D eigenvalue weighted by molar-refractivity contribution is -0.910. The van der Waals surface area contributed by atoms with Crippen molar-refractivity contribution in [3.63, 3.8) is 0 Å². The van der Waals surface area contributed by atoms with Crippen LogP contribution >= 0.6 is 11.8 Å². The summed E-state index contributed by atoms with van der Waals surface area (Å²) in [4.78, 5) is 1.66. The zero-order valence-corrected chi connectivity index (χ0v) is 9.62. The molecule has 1 aromatic rings. The Kier molecular flexibility index (Phi) is 3.13. The molecule has 0 aliphatic carbocycles. The van der Waals surface area contributed by atoms with E-state index < -0.39 is 0 Å². The summed E-state index contributed by atoms with van der Waals surface area (Å²) in [6.07, 6.45) is 0. The van der Waals surface area contributed by atoms with E-state index in [1.54, 1.807) is 4.90 Å². The van der Waals surface area contributed by atoms with E-state index in [0.29, 0.717) is 0 Å². The van der Waals surface area contributed by atoms with E-state index in [1.807, 2.05) is 13.8 Å². The van der Waals surface area contributed by atoms with Gasteiger partial charge in [-0.2, -0.15) is 11.8 Å². The summed E-state index contributed by atoms with van der Waals surface area (Å²) in [6, 6.07) is 0. The van der Waals surface area contributed by atoms with Gasteiger partial charge in [-0.15, -0.1) is 0 Å². The first-order chi connectivity index (χ1) is 6.77. The summed E-state index contributed by atoms with van der Waals surface area (Å²) >= 11 is 2.06. The van der Waals surface area contributed by atoms with Crippen molar-refractivity contribution in [2.45, 2.75) is 20.4 Å². The van der Waals surface area contributed by atoms with E-state index in [-0.39, 0.29) is 0 Å². The number of quaternary nitrogens is 1. The quantitative estimate of drug-likeness (QED) is 0.772. The summed E-state index contributed by atoms with van der Waals surface area (Å²) in [5, 5.41) is 3.99. The van der Waals surface area contributed by atoms with Crippen molar-refractivity contribution in [2.75, 3.05) is 24.6 Å². The van der Waals surface area contributed by atoms with Gasteiger partial charge in [0.05, 0.1) is 24.3 Å². The van der Waals surface area contributed by atoms with Crippen LogP contribution in [0.25, 0.3) is 0 Å². The molecule has 1 saturated heterocycles. The van der Waals surface area contributed by atoms with Crippen LogP contribution in [0.2, 0.25) is 0 Å². The molecular weight excluding hydrogens is 196 g/mol. The molecule has 0 unspecified atom stereocenters. The molecule has 0 aromatic carbocycles. The van der Waals surface area contributed by atoms with Crippen molar-refractivity contribution in [3.8, 4) is 0 Å². The van der Waals surface area contributed by atoms with E-state index in [1.165, 1.54) is 30.2 Å². The normalized spacial score (nSPS) is 18.7. The molecule has 1 aromatic heterocycles. The Morgan fingerprint density at radius 3 is 2.64 bits per heavy atom. The molecule has 1 aliphatic rings. The Bertz CT molecular complexity index is 286. The molecule has 4 heteroatoms. The van der Waals surface area contributed by atoms with Crippen molar-refractivity contribution >= 4 is 11.8 Å². The second kappa shape index (κ2) is 4.36. The summed E-state index contributed by atoms with van der Waals surface area (Å²) < 4.78 is 5.17. The van der Waals surface area contributed by atoms with Crippen LogP contribution in [-0.2, 0) is 6.54 Å². The van der Waals surface area contributed by atoms with Crippen molar-refractivity contribution < 1.29 is 9.42 Å². The van der Waals surface area contributed by atoms with Gasteiger partial charge in [0, 0.05) is 11.5 Å². The first-order valence-corrected chi connectivity index (χ1v) is 6.26. The third-order valence-corrected chi connectivity index (χ3v) is 3.79. The van der Waals surface area contributed by atoms with Crippen molar-refractivity contribution in [1.82, 2.24) is 5.16 Å². The number of rotatable bonds is 2. The maximum atomic E-state index is 5.17. The molecule has 0 radical (unpaired) electrons. The molecule has 0 bridgehead atoms. The van der Waals surface area contributed by atoms with Crippen LogP contribution in [-0.4, -0.2) is 29.8 Å². The predicted molar refractivity (Wildman–Crippen MR) is 57.7 cm³/mol. The molecule has 0 atom stereocenters. The van der Waals surface area contributed by atoms with E-state index in [9.17, 15) is 0 Å². The topological polar surface area (TPSA) is 30.5 Å². The Hall–Kier alpha value is -0.480. The van der Waals surface area contributed by atoms with Crippen LogP contribution in [0, 0.1) is 13.8 Å². The van der Waals surface area contributed by atoms with Crippen LogP contribution in [0.1, 0.15) is 17.0 Å². The van der Waals surface area contributed by atoms with Gasteiger partial charge in [-0.05, 0) is 13.8 Å². The zero-order chi connectivity index (χ0) is 9.97. The van der Waals surface area contributed by atoms with Gasteiger partial charge in [-0.3, -0.25) is 0 Å². The molecule has 2 rings (SSSR count). The Labute approximate surface area is 88.8 Å². The number of nitrogens with zero attached hydrogens (tertiary/aromatic N) is 1. The van der Waals surface area contributed by atoms with Gasteiger partial charge in [0.25, 0.3) is 0 Å². The highest BCUT2D eigenvalue weighted by Gasteiger charge is 2.18. The molecule has 1 N–H and O–H groups in total. The number of hydrogen-bond acceptors (Lipinski definition) is 3. The summed E-state index contributed by atoms with van der Waals surface area (Å²) in [6.45, 7) is 7.67. The molecule has 78 valence electrons. The average Bonchev–Trinajstić information content (AvgIpc) is 2.51. The fraction of sp³-hybridized carbons (Fsp3) is 0.700. The molecule has 1 aliphatic heterocycles. The van der Waals surface area contributed by atoms with Gasteiger partial charge in [0.1, 0.15) is 12.3 Å². The van der Waals surface area contributed by atoms with Gasteiger partial charge in [0.2, 0.25) is 0 Å². The first kappa shape index (κ1) is 10.1. The maximum Gasteiger partial charge on any atom is 0.142 e. The smallest absolute Gasteiger partial charge is 0.142 e. The molecule has 0 amide bonds. The van der Waals surface area contributed by atoms with Crippen molar-refractivity contribution in [2.24, 2.45) is 0 Å². The lowest BCUT2D eigenvalue weighted by Crippen LogP contribution is -3.12. The first-order valence-electron chi connectivity index (χ1n) is 5.10. The molecule has 0 spiro atoms. The largest absolute Gasteiger partial charge is 0.361 e. The molecule has 0 saturated carbocycles. The lowest BCUT2D eigenvalue weighted by Gasteiger charge is -2.22. The van der Waals surface area contributed by atoms with Gasteiger partial charge >= 0.3 is 0 Å². The molecule has 14 heavy (non-hydrogen) atoms. The highest BCUT2D eigenvalue weighted by molar-refractivity contribution is 7.99. The van der Waals surface area contributed by atoms with Gasteiger partial charge in [0.15, 0.2) is 0 Å². The minimum Gasteiger partial charge on any atom is -0.361 e. The monoisotopic (exact) mass is 213 g/mol. The molecule has 3 nitrogen and oxygen atoms in total. The minimum atomic E-state index is 0.994. The number of thioether (sulfide) groups is 1.